The van der Waals surface area contributed by atoms with E-state index in [0.717, 1.165) is 50.9 Å². The Morgan fingerprint density at radius 1 is 1.00 bits per heavy atom. The number of nitrogens with zero attached hydrogens (tertiary/aromatic N) is 2. The fourth-order valence-corrected chi connectivity index (χ4v) is 4.84. The molecule has 2 atom stereocenters. The summed E-state index contributed by atoms with van der Waals surface area (Å²) in [4.78, 5) is 29.3. The van der Waals surface area contributed by atoms with E-state index in [4.69, 9.17) is 0 Å². The van der Waals surface area contributed by atoms with Gasteiger partial charge in [-0.2, -0.15) is 0 Å². The fraction of sp³-hybridized carbons (Fsp3) is 0.600. The number of Topliss-reactive ketones (excluding diaryl/α,β-unsaturated/α-hetero) is 1. The van der Waals surface area contributed by atoms with Gasteiger partial charge in [-0.05, 0) is 37.8 Å². The largest absolute Gasteiger partial charge is 0.506 e. The number of ketones is 1. The zero-order valence-electron chi connectivity index (χ0n) is 14.6. The summed E-state index contributed by atoms with van der Waals surface area (Å²) < 4.78 is 0. The SMILES string of the molecule is O=C1C2CCCC1CC(C(=O)N1CCN(c3ccccc3O)CC1)C2. The molecule has 1 N–H and O–H groups in total. The van der Waals surface area contributed by atoms with Crippen LogP contribution in [0.4, 0.5) is 5.69 Å². The summed E-state index contributed by atoms with van der Waals surface area (Å²) in [6.45, 7) is 2.85. The third kappa shape index (κ3) is 3.12. The molecule has 4 rings (SSSR count). The molecule has 25 heavy (non-hydrogen) atoms. The Morgan fingerprint density at radius 3 is 2.28 bits per heavy atom. The Labute approximate surface area is 148 Å². The number of benzene rings is 1. The summed E-state index contributed by atoms with van der Waals surface area (Å²) in [5, 5.41) is 10.0. The second-order valence-electron chi connectivity index (χ2n) is 7.70. The van der Waals surface area contributed by atoms with E-state index in [-0.39, 0.29) is 23.7 Å². The molecule has 0 spiro atoms. The van der Waals surface area contributed by atoms with Crippen LogP contribution >= 0.6 is 0 Å². The first kappa shape index (κ1) is 16.4. The van der Waals surface area contributed by atoms with Crippen molar-refractivity contribution in [2.75, 3.05) is 31.1 Å². The molecule has 3 fully saturated rings. The molecule has 0 aromatic heterocycles. The zero-order valence-corrected chi connectivity index (χ0v) is 14.6. The minimum absolute atomic E-state index is 0.0321. The summed E-state index contributed by atoms with van der Waals surface area (Å²) in [5.41, 5.74) is 0.840. The lowest BCUT2D eigenvalue weighted by atomic mass is 9.67. The molecule has 1 saturated heterocycles. The minimum Gasteiger partial charge on any atom is -0.506 e. The van der Waals surface area contributed by atoms with Crippen LogP contribution in [-0.4, -0.2) is 47.9 Å². The van der Waals surface area contributed by atoms with Gasteiger partial charge in [-0.1, -0.05) is 18.6 Å². The molecular weight excluding hydrogens is 316 g/mol. The first-order valence-corrected chi connectivity index (χ1v) is 9.49. The van der Waals surface area contributed by atoms with Crippen molar-refractivity contribution in [3.63, 3.8) is 0 Å². The van der Waals surface area contributed by atoms with Crippen LogP contribution in [0.3, 0.4) is 0 Å². The predicted octanol–water partition coefficient (Wildman–Crippen LogP) is 2.44. The molecule has 1 amide bonds. The third-order valence-electron chi connectivity index (χ3n) is 6.21. The average molecular weight is 342 g/mol. The van der Waals surface area contributed by atoms with Crippen LogP contribution in [0.2, 0.25) is 0 Å². The maximum Gasteiger partial charge on any atom is 0.225 e. The number of fused-ring (bicyclic) bond motifs is 2. The van der Waals surface area contributed by atoms with Crippen molar-refractivity contribution in [2.24, 2.45) is 17.8 Å². The number of piperazine rings is 1. The van der Waals surface area contributed by atoms with E-state index in [1.165, 1.54) is 0 Å². The third-order valence-corrected chi connectivity index (χ3v) is 6.21. The molecular formula is C20H26N2O3. The summed E-state index contributed by atoms with van der Waals surface area (Å²) >= 11 is 0. The Bertz CT molecular complexity index is 651. The molecule has 5 heteroatoms. The van der Waals surface area contributed by atoms with E-state index in [1.54, 1.807) is 6.07 Å². The average Bonchev–Trinajstić information content (AvgIpc) is 2.61. The maximum atomic E-state index is 12.9. The van der Waals surface area contributed by atoms with Crippen LogP contribution in [-0.2, 0) is 9.59 Å². The number of hydrogen-bond donors (Lipinski definition) is 1. The van der Waals surface area contributed by atoms with E-state index in [1.807, 2.05) is 23.1 Å². The van der Waals surface area contributed by atoms with E-state index in [0.29, 0.717) is 24.6 Å². The van der Waals surface area contributed by atoms with Gasteiger partial charge in [0.15, 0.2) is 0 Å². The molecule has 3 aliphatic rings. The Kier molecular flexibility index (Phi) is 4.40. The van der Waals surface area contributed by atoms with Crippen LogP contribution in [0.5, 0.6) is 5.75 Å². The highest BCUT2D eigenvalue weighted by Crippen LogP contribution is 2.40. The van der Waals surface area contributed by atoms with Gasteiger partial charge in [0.05, 0.1) is 5.69 Å². The van der Waals surface area contributed by atoms with Crippen molar-refractivity contribution in [1.29, 1.82) is 0 Å². The lowest BCUT2D eigenvalue weighted by Crippen LogP contribution is -2.52. The molecule has 1 aromatic carbocycles. The van der Waals surface area contributed by atoms with Gasteiger partial charge in [0.1, 0.15) is 11.5 Å². The smallest absolute Gasteiger partial charge is 0.225 e. The highest BCUT2D eigenvalue weighted by molar-refractivity contribution is 5.88. The standard InChI is InChI=1S/C20H26N2O3/c23-18-7-2-1-6-17(18)21-8-10-22(11-9-21)20(25)16-12-14-4-3-5-15(13-16)19(14)24/h1-2,6-7,14-16,23H,3-5,8-13H2. The Balaban J connectivity index is 1.37. The van der Waals surface area contributed by atoms with E-state index >= 15 is 0 Å². The molecule has 2 saturated carbocycles. The molecule has 1 aliphatic heterocycles. The predicted molar refractivity (Wildman–Crippen MR) is 95.5 cm³/mol. The van der Waals surface area contributed by atoms with Gasteiger partial charge in [0, 0.05) is 43.9 Å². The maximum absolute atomic E-state index is 12.9. The molecule has 2 aliphatic carbocycles. The Morgan fingerprint density at radius 2 is 1.64 bits per heavy atom. The number of carbonyl (C=O) groups excluding carboxylic acids is 2. The highest BCUT2D eigenvalue weighted by Gasteiger charge is 2.42. The molecule has 0 radical (unpaired) electrons. The number of carbonyl (C=O) groups is 2. The number of anilines is 1. The van der Waals surface area contributed by atoms with Gasteiger partial charge in [0.2, 0.25) is 5.91 Å². The topological polar surface area (TPSA) is 60.9 Å². The van der Waals surface area contributed by atoms with Crippen molar-refractivity contribution in [2.45, 2.75) is 32.1 Å². The van der Waals surface area contributed by atoms with Gasteiger partial charge in [0.25, 0.3) is 0 Å². The zero-order chi connectivity index (χ0) is 17.4. The number of rotatable bonds is 2. The van der Waals surface area contributed by atoms with Crippen LogP contribution in [0.15, 0.2) is 24.3 Å². The summed E-state index contributed by atoms with van der Waals surface area (Å²) in [7, 11) is 0. The normalized spacial score (nSPS) is 29.6. The van der Waals surface area contributed by atoms with Crippen LogP contribution in [0, 0.1) is 17.8 Å². The quantitative estimate of drug-likeness (QED) is 0.897. The summed E-state index contributed by atoms with van der Waals surface area (Å²) in [6.07, 6.45) is 4.60. The van der Waals surface area contributed by atoms with Gasteiger partial charge in [-0.15, -0.1) is 0 Å². The second kappa shape index (κ2) is 6.70. The first-order chi connectivity index (χ1) is 12.1. The molecule has 134 valence electrons. The molecule has 1 heterocycles. The number of phenolic OH excluding ortho intramolecular Hbond substituents is 1. The lowest BCUT2D eigenvalue weighted by molar-refractivity contribution is -0.143. The van der Waals surface area contributed by atoms with Gasteiger partial charge < -0.3 is 14.9 Å². The van der Waals surface area contributed by atoms with Crippen LogP contribution in [0.1, 0.15) is 32.1 Å². The number of amides is 1. The minimum atomic E-state index is 0.0321. The van der Waals surface area contributed by atoms with Crippen molar-refractivity contribution >= 4 is 17.4 Å². The molecule has 2 bridgehead atoms. The number of para-hydroxylation sites is 2. The Hall–Kier alpha value is -2.04. The van der Waals surface area contributed by atoms with Crippen molar-refractivity contribution in [3.05, 3.63) is 24.3 Å². The summed E-state index contributed by atoms with van der Waals surface area (Å²) in [5.74, 6) is 1.24. The molecule has 1 aromatic rings. The van der Waals surface area contributed by atoms with E-state index in [2.05, 4.69) is 4.90 Å². The fourth-order valence-electron chi connectivity index (χ4n) is 4.84. The van der Waals surface area contributed by atoms with Gasteiger partial charge in [-0.25, -0.2) is 0 Å². The number of aromatic hydroxyl groups is 1. The second-order valence-corrected chi connectivity index (χ2v) is 7.70. The van der Waals surface area contributed by atoms with E-state index in [9.17, 15) is 14.7 Å². The number of hydrogen-bond acceptors (Lipinski definition) is 4. The van der Waals surface area contributed by atoms with E-state index < -0.39 is 0 Å². The monoisotopic (exact) mass is 342 g/mol. The van der Waals surface area contributed by atoms with Gasteiger partial charge >= 0.3 is 0 Å². The van der Waals surface area contributed by atoms with Crippen molar-refractivity contribution in [3.8, 4) is 5.75 Å². The van der Waals surface area contributed by atoms with Gasteiger partial charge in [-0.3, -0.25) is 9.59 Å². The lowest BCUT2D eigenvalue weighted by Gasteiger charge is -2.41. The first-order valence-electron chi connectivity index (χ1n) is 9.49. The molecule has 2 unspecified atom stereocenters. The summed E-state index contributed by atoms with van der Waals surface area (Å²) in [6, 6.07) is 7.36. The van der Waals surface area contributed by atoms with Crippen LogP contribution in [0.25, 0.3) is 0 Å². The van der Waals surface area contributed by atoms with Crippen LogP contribution < -0.4 is 4.90 Å². The number of phenols is 1. The van der Waals surface area contributed by atoms with Crippen molar-refractivity contribution < 1.29 is 14.7 Å². The molecule has 5 nitrogen and oxygen atoms in total. The van der Waals surface area contributed by atoms with Crippen molar-refractivity contribution in [1.82, 2.24) is 4.90 Å². The highest BCUT2D eigenvalue weighted by atomic mass is 16.3.